The second-order valence-electron chi connectivity index (χ2n) is 4.88. The summed E-state index contributed by atoms with van der Waals surface area (Å²) in [6.45, 7) is 2.15. The van der Waals surface area contributed by atoms with Gasteiger partial charge in [-0.05, 0) is 66.3 Å². The molecule has 0 atom stereocenters. The lowest BCUT2D eigenvalue weighted by Crippen LogP contribution is -2.28. The molecule has 19 heavy (non-hydrogen) atoms. The van der Waals surface area contributed by atoms with Gasteiger partial charge >= 0.3 is 0 Å². The van der Waals surface area contributed by atoms with Crippen LogP contribution in [-0.4, -0.2) is 19.0 Å². The van der Waals surface area contributed by atoms with E-state index in [1.807, 2.05) is 12.1 Å². The molecule has 1 amide bonds. The first-order valence-corrected chi connectivity index (χ1v) is 7.78. The van der Waals surface area contributed by atoms with E-state index in [1.54, 1.807) is 6.07 Å². The molecule has 0 aliphatic carbocycles. The SMILES string of the molecule is O=C(CCC1CCNCC1)Nc1cccc(Cl)c1Br. The summed E-state index contributed by atoms with van der Waals surface area (Å²) >= 11 is 9.37. The molecule has 1 aromatic carbocycles. The zero-order valence-electron chi connectivity index (χ0n) is 10.7. The Kier molecular flexibility index (Phi) is 5.67. The summed E-state index contributed by atoms with van der Waals surface area (Å²) < 4.78 is 0.742. The van der Waals surface area contributed by atoms with Crippen molar-refractivity contribution in [1.82, 2.24) is 5.32 Å². The number of hydrogen-bond donors (Lipinski definition) is 2. The van der Waals surface area contributed by atoms with Crippen LogP contribution in [0.1, 0.15) is 25.7 Å². The van der Waals surface area contributed by atoms with Crippen molar-refractivity contribution in [3.63, 3.8) is 0 Å². The summed E-state index contributed by atoms with van der Waals surface area (Å²) in [4.78, 5) is 11.9. The van der Waals surface area contributed by atoms with Gasteiger partial charge in [0, 0.05) is 6.42 Å². The maximum atomic E-state index is 11.9. The van der Waals surface area contributed by atoms with Crippen LogP contribution in [0.5, 0.6) is 0 Å². The van der Waals surface area contributed by atoms with E-state index in [-0.39, 0.29) is 5.91 Å². The third-order valence-corrected chi connectivity index (χ3v) is 4.86. The predicted molar refractivity (Wildman–Crippen MR) is 82.6 cm³/mol. The number of piperidine rings is 1. The molecule has 1 aromatic rings. The van der Waals surface area contributed by atoms with Gasteiger partial charge in [-0.3, -0.25) is 4.79 Å². The Morgan fingerprint density at radius 1 is 1.42 bits per heavy atom. The molecule has 0 radical (unpaired) electrons. The van der Waals surface area contributed by atoms with Crippen LogP contribution in [0, 0.1) is 5.92 Å². The summed E-state index contributed by atoms with van der Waals surface area (Å²) in [5, 5.41) is 6.85. The topological polar surface area (TPSA) is 41.1 Å². The second kappa shape index (κ2) is 7.27. The highest BCUT2D eigenvalue weighted by atomic mass is 79.9. The van der Waals surface area contributed by atoms with E-state index < -0.39 is 0 Å². The number of carbonyl (C=O) groups is 1. The van der Waals surface area contributed by atoms with Crippen LogP contribution in [0.15, 0.2) is 22.7 Å². The summed E-state index contributed by atoms with van der Waals surface area (Å²) in [5.74, 6) is 0.733. The second-order valence-corrected chi connectivity index (χ2v) is 6.08. The number of carbonyl (C=O) groups excluding carboxylic acids is 1. The van der Waals surface area contributed by atoms with Crippen molar-refractivity contribution in [3.8, 4) is 0 Å². The lowest BCUT2D eigenvalue weighted by molar-refractivity contribution is -0.116. The minimum atomic E-state index is 0.0569. The number of amides is 1. The van der Waals surface area contributed by atoms with Gasteiger partial charge in [0.15, 0.2) is 0 Å². The molecule has 2 N–H and O–H groups in total. The monoisotopic (exact) mass is 344 g/mol. The maximum Gasteiger partial charge on any atom is 0.224 e. The number of nitrogens with one attached hydrogen (secondary N) is 2. The number of halogens is 2. The molecular formula is C14H18BrClN2O. The van der Waals surface area contributed by atoms with Gasteiger partial charge in [0.05, 0.1) is 15.2 Å². The van der Waals surface area contributed by atoms with Gasteiger partial charge in [-0.2, -0.15) is 0 Å². The van der Waals surface area contributed by atoms with Crippen LogP contribution in [-0.2, 0) is 4.79 Å². The van der Waals surface area contributed by atoms with Crippen molar-refractivity contribution in [2.24, 2.45) is 5.92 Å². The van der Waals surface area contributed by atoms with Crippen LogP contribution in [0.25, 0.3) is 0 Å². The van der Waals surface area contributed by atoms with E-state index in [1.165, 1.54) is 12.8 Å². The Morgan fingerprint density at radius 2 is 2.16 bits per heavy atom. The third-order valence-electron chi connectivity index (χ3n) is 3.46. The van der Waals surface area contributed by atoms with Gasteiger partial charge in [-0.15, -0.1) is 0 Å². The van der Waals surface area contributed by atoms with Gasteiger partial charge in [-0.25, -0.2) is 0 Å². The molecule has 1 aliphatic heterocycles. The number of benzene rings is 1. The molecule has 1 aliphatic rings. The fourth-order valence-electron chi connectivity index (χ4n) is 2.32. The predicted octanol–water partition coefficient (Wildman–Crippen LogP) is 3.82. The molecule has 5 heteroatoms. The largest absolute Gasteiger partial charge is 0.325 e. The van der Waals surface area contributed by atoms with Crippen LogP contribution in [0.4, 0.5) is 5.69 Å². The van der Waals surface area contributed by atoms with Gasteiger partial charge in [0.25, 0.3) is 0 Å². The molecule has 0 unspecified atom stereocenters. The molecule has 3 nitrogen and oxygen atoms in total. The Bertz CT molecular complexity index is 447. The van der Waals surface area contributed by atoms with Crippen molar-refractivity contribution in [2.75, 3.05) is 18.4 Å². The molecule has 0 aromatic heterocycles. The van der Waals surface area contributed by atoms with Gasteiger partial charge in [0.1, 0.15) is 0 Å². The summed E-state index contributed by atoms with van der Waals surface area (Å²) in [6, 6.07) is 5.46. The number of rotatable bonds is 4. The lowest BCUT2D eigenvalue weighted by Gasteiger charge is -2.22. The molecule has 2 rings (SSSR count). The van der Waals surface area contributed by atoms with Crippen molar-refractivity contribution in [2.45, 2.75) is 25.7 Å². The van der Waals surface area contributed by atoms with E-state index >= 15 is 0 Å². The first-order chi connectivity index (χ1) is 9.16. The normalized spacial score (nSPS) is 16.3. The minimum absolute atomic E-state index is 0.0569. The highest BCUT2D eigenvalue weighted by Crippen LogP contribution is 2.30. The summed E-state index contributed by atoms with van der Waals surface area (Å²) in [5.41, 5.74) is 0.739. The third kappa shape index (κ3) is 4.48. The molecule has 1 saturated heterocycles. The number of anilines is 1. The smallest absolute Gasteiger partial charge is 0.224 e. The fourth-order valence-corrected chi connectivity index (χ4v) is 2.86. The zero-order chi connectivity index (χ0) is 13.7. The minimum Gasteiger partial charge on any atom is -0.325 e. The fraction of sp³-hybridized carbons (Fsp3) is 0.500. The molecule has 1 heterocycles. The first kappa shape index (κ1) is 14.8. The average molecular weight is 346 g/mol. The molecule has 0 spiro atoms. The lowest BCUT2D eigenvalue weighted by atomic mass is 9.93. The zero-order valence-corrected chi connectivity index (χ0v) is 13.1. The van der Waals surface area contributed by atoms with E-state index in [0.29, 0.717) is 17.4 Å². The Hall–Kier alpha value is -0.580. The van der Waals surface area contributed by atoms with E-state index in [2.05, 4.69) is 26.6 Å². The van der Waals surface area contributed by atoms with Crippen LogP contribution < -0.4 is 10.6 Å². The Balaban J connectivity index is 1.82. The van der Waals surface area contributed by atoms with Crippen molar-refractivity contribution >= 4 is 39.1 Å². The highest BCUT2D eigenvalue weighted by Gasteiger charge is 2.15. The van der Waals surface area contributed by atoms with E-state index in [9.17, 15) is 4.79 Å². The first-order valence-electron chi connectivity index (χ1n) is 6.61. The number of hydrogen-bond acceptors (Lipinski definition) is 2. The van der Waals surface area contributed by atoms with Crippen molar-refractivity contribution < 1.29 is 4.79 Å². The van der Waals surface area contributed by atoms with Crippen LogP contribution >= 0.6 is 27.5 Å². The van der Waals surface area contributed by atoms with E-state index in [0.717, 1.165) is 29.7 Å². The Morgan fingerprint density at radius 3 is 2.89 bits per heavy atom. The summed E-state index contributed by atoms with van der Waals surface area (Å²) in [6.07, 6.45) is 3.89. The van der Waals surface area contributed by atoms with Crippen molar-refractivity contribution in [1.29, 1.82) is 0 Å². The van der Waals surface area contributed by atoms with Crippen LogP contribution in [0.2, 0.25) is 5.02 Å². The van der Waals surface area contributed by atoms with Gasteiger partial charge in [0.2, 0.25) is 5.91 Å². The molecule has 104 valence electrons. The molecule has 0 saturated carbocycles. The summed E-state index contributed by atoms with van der Waals surface area (Å²) in [7, 11) is 0. The maximum absolute atomic E-state index is 11.9. The highest BCUT2D eigenvalue weighted by molar-refractivity contribution is 9.10. The van der Waals surface area contributed by atoms with Crippen LogP contribution in [0.3, 0.4) is 0 Å². The average Bonchev–Trinajstić information content (AvgIpc) is 2.43. The van der Waals surface area contributed by atoms with Gasteiger partial charge in [-0.1, -0.05) is 17.7 Å². The molecule has 1 fully saturated rings. The van der Waals surface area contributed by atoms with E-state index in [4.69, 9.17) is 11.6 Å². The molecule has 0 bridgehead atoms. The Labute approximate surface area is 127 Å². The standard InChI is InChI=1S/C14H18BrClN2O/c15-14-11(16)2-1-3-12(14)18-13(19)5-4-10-6-8-17-9-7-10/h1-3,10,17H,4-9H2,(H,18,19). The quantitative estimate of drug-likeness (QED) is 0.871. The van der Waals surface area contributed by atoms with Crippen molar-refractivity contribution in [3.05, 3.63) is 27.7 Å². The van der Waals surface area contributed by atoms with Gasteiger partial charge < -0.3 is 10.6 Å². The molecular weight excluding hydrogens is 328 g/mol.